The number of carbonyl (C=O) groups excluding carboxylic acids is 2. The number of nitrogens with zero attached hydrogens (tertiary/aromatic N) is 3. The van der Waals surface area contributed by atoms with Crippen molar-refractivity contribution < 1.29 is 14.3 Å². The lowest BCUT2D eigenvalue weighted by molar-refractivity contribution is -0.112. The maximum absolute atomic E-state index is 12.7. The zero-order chi connectivity index (χ0) is 23.8. The zero-order valence-electron chi connectivity index (χ0n) is 19.7. The highest BCUT2D eigenvalue weighted by Gasteiger charge is 2.17. The normalized spacial score (nSPS) is 12.2. The Labute approximate surface area is 190 Å². The number of amides is 2. The molecular weight excluding hydrogens is 404 g/mol. The molecule has 2 aromatic rings. The highest BCUT2D eigenvalue weighted by atomic mass is 16.5. The van der Waals surface area contributed by atoms with E-state index in [4.69, 9.17) is 4.74 Å². The van der Waals surface area contributed by atoms with Gasteiger partial charge in [-0.15, -0.1) is 0 Å². The highest BCUT2D eigenvalue weighted by Crippen LogP contribution is 2.23. The smallest absolute Gasteiger partial charge is 0.266 e. The predicted molar refractivity (Wildman–Crippen MR) is 126 cm³/mol. The Balaban J connectivity index is 2.20. The molecule has 7 nitrogen and oxygen atoms in total. The molecule has 0 aliphatic carbocycles. The number of anilines is 1. The molecule has 1 heterocycles. The molecule has 1 aromatic heterocycles. The summed E-state index contributed by atoms with van der Waals surface area (Å²) in [4.78, 5) is 26.9. The molecule has 1 unspecified atom stereocenters. The fourth-order valence-corrected chi connectivity index (χ4v) is 3.83. The van der Waals surface area contributed by atoms with Gasteiger partial charge in [-0.05, 0) is 76.6 Å². The van der Waals surface area contributed by atoms with Crippen LogP contribution in [-0.4, -0.2) is 48.1 Å². The summed E-state index contributed by atoms with van der Waals surface area (Å²) in [6.45, 7) is 11.7. The Bertz CT molecular complexity index is 1020. The Morgan fingerprint density at radius 3 is 2.38 bits per heavy atom. The molecule has 0 radical (unpaired) electrons. The highest BCUT2D eigenvalue weighted by molar-refractivity contribution is 6.10. The fourth-order valence-electron chi connectivity index (χ4n) is 3.83. The van der Waals surface area contributed by atoms with Gasteiger partial charge in [-0.3, -0.25) is 9.59 Å². The Kier molecular flexibility index (Phi) is 8.80. The average molecular weight is 437 g/mol. The summed E-state index contributed by atoms with van der Waals surface area (Å²) < 4.78 is 7.39. The van der Waals surface area contributed by atoms with Crippen LogP contribution in [0.1, 0.15) is 54.1 Å². The van der Waals surface area contributed by atoms with Crippen molar-refractivity contribution in [2.45, 2.75) is 40.7 Å². The van der Waals surface area contributed by atoms with E-state index in [0.29, 0.717) is 30.9 Å². The van der Waals surface area contributed by atoms with Crippen LogP contribution in [0.3, 0.4) is 0 Å². The number of benzene rings is 1. The average Bonchev–Trinajstić information content (AvgIpc) is 3.06. The number of ether oxygens (including phenoxy) is 1. The number of nitrogens with one attached hydrogen (secondary N) is 1. The molecule has 0 fully saturated rings. The number of carbonyl (C=O) groups is 2. The van der Waals surface area contributed by atoms with Crippen LogP contribution in [0.2, 0.25) is 0 Å². The number of hydrogen-bond acceptors (Lipinski definition) is 4. The molecule has 0 aliphatic rings. The molecule has 0 saturated carbocycles. The molecular formula is C25H32N4O3. The van der Waals surface area contributed by atoms with E-state index in [2.05, 4.69) is 16.8 Å². The van der Waals surface area contributed by atoms with Crippen molar-refractivity contribution in [2.24, 2.45) is 0 Å². The third-order valence-corrected chi connectivity index (χ3v) is 5.48. The van der Waals surface area contributed by atoms with Gasteiger partial charge in [0, 0.05) is 42.8 Å². The van der Waals surface area contributed by atoms with E-state index < -0.39 is 5.91 Å². The first-order valence-corrected chi connectivity index (χ1v) is 10.8. The molecule has 1 N–H and O–H groups in total. The first-order valence-electron chi connectivity index (χ1n) is 10.8. The van der Waals surface area contributed by atoms with Gasteiger partial charge in [-0.1, -0.05) is 0 Å². The standard InChI is InChI=1S/C25H32N4O3/c1-7-28(8-2)25(31)20-9-11-23(12-10-20)27-24(30)22(15-26)14-21-13-17(3)29(19(21)5)18(4)16-32-6/h9-14,18H,7-8,16H2,1-6H3,(H,27,30)/b22-14-. The van der Waals surface area contributed by atoms with Crippen molar-refractivity contribution in [3.8, 4) is 6.07 Å². The minimum Gasteiger partial charge on any atom is -0.383 e. The summed E-state index contributed by atoms with van der Waals surface area (Å²) in [6, 6.07) is 10.8. The molecule has 2 rings (SSSR count). The van der Waals surface area contributed by atoms with Gasteiger partial charge in [0.15, 0.2) is 0 Å². The van der Waals surface area contributed by atoms with Gasteiger partial charge in [-0.2, -0.15) is 5.26 Å². The second kappa shape index (κ2) is 11.3. The van der Waals surface area contributed by atoms with E-state index in [1.807, 2.05) is 39.8 Å². The fraction of sp³-hybridized carbons (Fsp3) is 0.400. The molecule has 0 spiro atoms. The molecule has 32 heavy (non-hydrogen) atoms. The lowest BCUT2D eigenvalue weighted by Gasteiger charge is -2.18. The lowest BCUT2D eigenvalue weighted by Crippen LogP contribution is -2.30. The Morgan fingerprint density at radius 1 is 1.22 bits per heavy atom. The number of methoxy groups -OCH3 is 1. The number of rotatable bonds is 9. The topological polar surface area (TPSA) is 87.4 Å². The van der Waals surface area contributed by atoms with Crippen LogP contribution < -0.4 is 5.32 Å². The minimum atomic E-state index is -0.495. The van der Waals surface area contributed by atoms with Gasteiger partial charge in [0.25, 0.3) is 11.8 Å². The third kappa shape index (κ3) is 5.65. The SMILES string of the molecule is CCN(CC)C(=O)c1ccc(NC(=O)/C(C#N)=C\c2cc(C)n(C(C)COC)c2C)cc1. The van der Waals surface area contributed by atoms with Gasteiger partial charge >= 0.3 is 0 Å². The summed E-state index contributed by atoms with van der Waals surface area (Å²) >= 11 is 0. The van der Waals surface area contributed by atoms with E-state index in [0.717, 1.165) is 17.0 Å². The van der Waals surface area contributed by atoms with Crippen molar-refractivity contribution in [3.63, 3.8) is 0 Å². The number of nitriles is 1. The first-order chi connectivity index (χ1) is 15.3. The van der Waals surface area contributed by atoms with Crippen LogP contribution in [0.25, 0.3) is 6.08 Å². The van der Waals surface area contributed by atoms with Crippen LogP contribution in [0, 0.1) is 25.2 Å². The Hall–Kier alpha value is -3.37. The van der Waals surface area contributed by atoms with Gasteiger partial charge < -0.3 is 19.5 Å². The number of hydrogen-bond donors (Lipinski definition) is 1. The van der Waals surface area contributed by atoms with E-state index >= 15 is 0 Å². The molecule has 1 aromatic carbocycles. The minimum absolute atomic E-state index is 0.00735. The summed E-state index contributed by atoms with van der Waals surface area (Å²) in [5.74, 6) is -0.548. The van der Waals surface area contributed by atoms with Crippen molar-refractivity contribution in [3.05, 3.63) is 58.4 Å². The Morgan fingerprint density at radius 2 is 1.84 bits per heavy atom. The summed E-state index contributed by atoms with van der Waals surface area (Å²) in [7, 11) is 1.66. The van der Waals surface area contributed by atoms with E-state index in [1.54, 1.807) is 42.4 Å². The van der Waals surface area contributed by atoms with Gasteiger partial charge in [0.1, 0.15) is 11.6 Å². The van der Waals surface area contributed by atoms with Crippen molar-refractivity contribution in [1.82, 2.24) is 9.47 Å². The molecule has 1 atom stereocenters. The van der Waals surface area contributed by atoms with Gasteiger partial charge in [-0.25, -0.2) is 0 Å². The van der Waals surface area contributed by atoms with Crippen molar-refractivity contribution in [2.75, 3.05) is 32.1 Å². The lowest BCUT2D eigenvalue weighted by atomic mass is 10.1. The van der Waals surface area contributed by atoms with Crippen LogP contribution in [0.15, 0.2) is 35.9 Å². The van der Waals surface area contributed by atoms with E-state index in [9.17, 15) is 14.9 Å². The summed E-state index contributed by atoms with van der Waals surface area (Å²) in [5, 5.41) is 12.3. The predicted octanol–water partition coefficient (Wildman–Crippen LogP) is 4.34. The largest absolute Gasteiger partial charge is 0.383 e. The zero-order valence-corrected chi connectivity index (χ0v) is 19.7. The van der Waals surface area contributed by atoms with Crippen LogP contribution in [0.4, 0.5) is 5.69 Å². The molecule has 170 valence electrons. The quantitative estimate of drug-likeness (QED) is 0.468. The summed E-state index contributed by atoms with van der Waals surface area (Å²) in [6.07, 6.45) is 1.60. The van der Waals surface area contributed by atoms with Crippen LogP contribution >= 0.6 is 0 Å². The monoisotopic (exact) mass is 436 g/mol. The molecule has 7 heteroatoms. The summed E-state index contributed by atoms with van der Waals surface area (Å²) in [5.41, 5.74) is 3.90. The number of aryl methyl sites for hydroxylation is 1. The van der Waals surface area contributed by atoms with Crippen LogP contribution in [0.5, 0.6) is 0 Å². The molecule has 0 bridgehead atoms. The second-order valence-electron chi connectivity index (χ2n) is 7.68. The maximum atomic E-state index is 12.7. The van der Waals surface area contributed by atoms with E-state index in [1.165, 1.54) is 0 Å². The molecule has 0 aliphatic heterocycles. The maximum Gasteiger partial charge on any atom is 0.266 e. The van der Waals surface area contributed by atoms with Crippen LogP contribution in [-0.2, 0) is 9.53 Å². The van der Waals surface area contributed by atoms with Crippen molar-refractivity contribution in [1.29, 1.82) is 5.26 Å². The molecule has 0 saturated heterocycles. The van der Waals surface area contributed by atoms with Gasteiger partial charge in [0.05, 0.1) is 12.6 Å². The third-order valence-electron chi connectivity index (χ3n) is 5.48. The van der Waals surface area contributed by atoms with E-state index in [-0.39, 0.29) is 17.5 Å². The first kappa shape index (κ1) is 24.9. The van der Waals surface area contributed by atoms with Gasteiger partial charge in [0.2, 0.25) is 0 Å². The van der Waals surface area contributed by atoms with Crippen molar-refractivity contribution >= 4 is 23.6 Å². The number of aromatic nitrogens is 1. The second-order valence-corrected chi connectivity index (χ2v) is 7.68. The molecule has 2 amide bonds.